The highest BCUT2D eigenvalue weighted by atomic mass is 35.5. The smallest absolute Gasteiger partial charge is 0.407 e. The van der Waals surface area contributed by atoms with Crippen LogP contribution in [-0.2, 0) is 4.74 Å². The third-order valence-electron chi connectivity index (χ3n) is 5.70. The van der Waals surface area contributed by atoms with Crippen molar-refractivity contribution in [1.82, 2.24) is 5.32 Å². The van der Waals surface area contributed by atoms with Gasteiger partial charge in [-0.05, 0) is 46.4 Å². The van der Waals surface area contributed by atoms with Crippen molar-refractivity contribution in [2.75, 3.05) is 13.2 Å². The minimum Gasteiger partial charge on any atom is -0.449 e. The number of amides is 1. The van der Waals surface area contributed by atoms with Crippen LogP contribution in [0.2, 0.25) is 5.02 Å². The summed E-state index contributed by atoms with van der Waals surface area (Å²) in [5, 5.41) is 23.6. The Hall–Kier alpha value is -2.86. The maximum atomic E-state index is 12.2. The molecule has 0 aliphatic heterocycles. The molecule has 0 bridgehead atoms. The van der Waals surface area contributed by atoms with Crippen molar-refractivity contribution in [2.45, 2.75) is 25.0 Å². The molecule has 6 heteroatoms. The molecule has 2 unspecified atom stereocenters. The lowest BCUT2D eigenvalue weighted by atomic mass is 9.98. The number of carbonyl (C=O) groups excluding carboxylic acids is 1. The lowest BCUT2D eigenvalue weighted by Crippen LogP contribution is -2.36. The quantitative estimate of drug-likeness (QED) is 0.527. The van der Waals surface area contributed by atoms with Crippen molar-refractivity contribution >= 4 is 17.7 Å². The van der Waals surface area contributed by atoms with E-state index in [1.807, 2.05) is 43.3 Å². The number of alkyl carbamates (subject to hydrolysis) is 1. The number of ether oxygens (including phenoxy) is 1. The number of halogens is 1. The third-order valence-corrected chi connectivity index (χ3v) is 6.11. The van der Waals surface area contributed by atoms with Crippen molar-refractivity contribution < 1.29 is 19.7 Å². The lowest BCUT2D eigenvalue weighted by Gasteiger charge is -2.20. The van der Waals surface area contributed by atoms with Crippen LogP contribution in [0.1, 0.15) is 34.3 Å². The highest BCUT2D eigenvalue weighted by Gasteiger charge is 2.29. The van der Waals surface area contributed by atoms with E-state index in [9.17, 15) is 15.0 Å². The normalized spacial score (nSPS) is 14.5. The van der Waals surface area contributed by atoms with Gasteiger partial charge in [-0.2, -0.15) is 0 Å². The Labute approximate surface area is 186 Å². The van der Waals surface area contributed by atoms with Gasteiger partial charge in [0.15, 0.2) is 0 Å². The summed E-state index contributed by atoms with van der Waals surface area (Å²) in [5.41, 5.74) is 5.93. The van der Waals surface area contributed by atoms with Crippen LogP contribution in [0.15, 0.2) is 66.7 Å². The second-order valence-corrected chi connectivity index (χ2v) is 8.13. The standard InChI is InChI=1S/C25H24ClNO4/c1-15-10-11-16(12-22(15)26)24(29)23(28)13-27-25(30)31-14-21-19-8-4-2-6-17(19)18-7-3-5-9-20(18)21/h2-12,21,23-24,28-29H,13-14H2,1H3,(H,27,30). The molecule has 5 nitrogen and oxygen atoms in total. The Kier molecular flexibility index (Phi) is 6.28. The first kappa shape index (κ1) is 21.4. The van der Waals surface area contributed by atoms with E-state index in [-0.39, 0.29) is 19.1 Å². The van der Waals surface area contributed by atoms with Crippen LogP contribution in [0.25, 0.3) is 11.1 Å². The number of benzene rings is 3. The number of hydrogen-bond donors (Lipinski definition) is 3. The van der Waals surface area contributed by atoms with Gasteiger partial charge in [-0.3, -0.25) is 0 Å². The van der Waals surface area contributed by atoms with Crippen molar-refractivity contribution in [3.8, 4) is 11.1 Å². The predicted octanol–water partition coefficient (Wildman–Crippen LogP) is 4.58. The molecule has 3 aromatic carbocycles. The molecule has 0 radical (unpaired) electrons. The van der Waals surface area contributed by atoms with Crippen molar-refractivity contribution in [3.63, 3.8) is 0 Å². The van der Waals surface area contributed by atoms with Gasteiger partial charge in [0, 0.05) is 17.5 Å². The van der Waals surface area contributed by atoms with Gasteiger partial charge in [0.2, 0.25) is 0 Å². The summed E-state index contributed by atoms with van der Waals surface area (Å²) in [6, 6.07) is 21.3. The molecule has 1 aliphatic carbocycles. The molecule has 0 heterocycles. The zero-order valence-corrected chi connectivity index (χ0v) is 17.8. The molecule has 0 saturated heterocycles. The van der Waals surface area contributed by atoms with Gasteiger partial charge < -0.3 is 20.3 Å². The fraction of sp³-hybridized carbons (Fsp3) is 0.240. The average Bonchev–Trinajstić information content (AvgIpc) is 3.11. The van der Waals surface area contributed by atoms with E-state index in [2.05, 4.69) is 17.4 Å². The number of fused-ring (bicyclic) bond motifs is 3. The number of aliphatic hydroxyl groups excluding tert-OH is 2. The molecule has 3 aromatic rings. The molecule has 1 amide bonds. The van der Waals surface area contributed by atoms with Gasteiger partial charge in [-0.1, -0.05) is 72.3 Å². The van der Waals surface area contributed by atoms with E-state index in [1.54, 1.807) is 18.2 Å². The predicted molar refractivity (Wildman–Crippen MR) is 120 cm³/mol. The van der Waals surface area contributed by atoms with Gasteiger partial charge >= 0.3 is 6.09 Å². The molecular formula is C25H24ClNO4. The molecule has 0 aromatic heterocycles. The number of rotatable bonds is 6. The van der Waals surface area contributed by atoms with E-state index < -0.39 is 18.3 Å². The molecule has 0 spiro atoms. The van der Waals surface area contributed by atoms with Gasteiger partial charge in [-0.25, -0.2) is 4.79 Å². The maximum Gasteiger partial charge on any atom is 0.407 e. The molecule has 4 rings (SSSR count). The highest BCUT2D eigenvalue weighted by molar-refractivity contribution is 6.31. The zero-order valence-electron chi connectivity index (χ0n) is 17.1. The van der Waals surface area contributed by atoms with Gasteiger partial charge in [-0.15, -0.1) is 0 Å². The SMILES string of the molecule is Cc1ccc(C(O)C(O)CNC(=O)OCC2c3ccccc3-c3ccccc32)cc1Cl. The fourth-order valence-electron chi connectivity index (χ4n) is 3.96. The van der Waals surface area contributed by atoms with Crippen molar-refractivity contribution in [3.05, 3.63) is 94.0 Å². The van der Waals surface area contributed by atoms with Crippen molar-refractivity contribution in [1.29, 1.82) is 0 Å². The minimum atomic E-state index is -1.20. The van der Waals surface area contributed by atoms with E-state index in [0.29, 0.717) is 10.6 Å². The summed E-state index contributed by atoms with van der Waals surface area (Å²) in [5.74, 6) is -0.0386. The number of nitrogens with one attached hydrogen (secondary N) is 1. The van der Waals surface area contributed by atoms with Crippen LogP contribution >= 0.6 is 11.6 Å². The maximum absolute atomic E-state index is 12.2. The first-order valence-corrected chi connectivity index (χ1v) is 10.5. The monoisotopic (exact) mass is 437 g/mol. The van der Waals surface area contributed by atoms with Crippen LogP contribution in [-0.4, -0.2) is 35.6 Å². The second kappa shape index (κ2) is 9.10. The molecule has 2 atom stereocenters. The molecule has 3 N–H and O–H groups in total. The lowest BCUT2D eigenvalue weighted by molar-refractivity contribution is 0.0185. The molecule has 0 saturated carbocycles. The average molecular weight is 438 g/mol. The summed E-state index contributed by atoms with van der Waals surface area (Å²) in [4.78, 5) is 12.2. The number of carbonyl (C=O) groups is 1. The summed E-state index contributed by atoms with van der Waals surface area (Å²) >= 11 is 6.08. The van der Waals surface area contributed by atoms with E-state index in [4.69, 9.17) is 16.3 Å². The summed E-state index contributed by atoms with van der Waals surface area (Å²) in [6.45, 7) is 1.89. The van der Waals surface area contributed by atoms with Gasteiger partial charge in [0.1, 0.15) is 18.8 Å². The summed E-state index contributed by atoms with van der Waals surface area (Å²) in [6.07, 6.45) is -3.01. The molecule has 31 heavy (non-hydrogen) atoms. The number of hydrogen-bond acceptors (Lipinski definition) is 4. The molecule has 0 fully saturated rings. The Morgan fingerprint density at radius 1 is 1.03 bits per heavy atom. The van der Waals surface area contributed by atoms with Gasteiger partial charge in [0.25, 0.3) is 0 Å². The fourth-order valence-corrected chi connectivity index (χ4v) is 4.15. The first-order valence-electron chi connectivity index (χ1n) is 10.2. The Balaban J connectivity index is 1.34. The molecule has 160 valence electrons. The largest absolute Gasteiger partial charge is 0.449 e. The van der Waals surface area contributed by atoms with Crippen LogP contribution in [0.3, 0.4) is 0 Å². The Bertz CT molecular complexity index is 1050. The first-order chi connectivity index (χ1) is 15.0. The van der Waals surface area contributed by atoms with Crippen LogP contribution in [0.4, 0.5) is 4.79 Å². The van der Waals surface area contributed by atoms with E-state index in [0.717, 1.165) is 27.8 Å². The highest BCUT2D eigenvalue weighted by Crippen LogP contribution is 2.44. The topological polar surface area (TPSA) is 78.8 Å². The van der Waals surface area contributed by atoms with Crippen LogP contribution in [0.5, 0.6) is 0 Å². The summed E-state index contributed by atoms with van der Waals surface area (Å²) in [7, 11) is 0. The van der Waals surface area contributed by atoms with E-state index >= 15 is 0 Å². The minimum absolute atomic E-state index is 0.0386. The zero-order chi connectivity index (χ0) is 22.0. The third kappa shape index (κ3) is 4.44. The Morgan fingerprint density at radius 3 is 2.26 bits per heavy atom. The molecular weight excluding hydrogens is 414 g/mol. The number of aliphatic hydroxyl groups is 2. The van der Waals surface area contributed by atoms with Gasteiger partial charge in [0.05, 0.1) is 0 Å². The van der Waals surface area contributed by atoms with Crippen LogP contribution < -0.4 is 5.32 Å². The van der Waals surface area contributed by atoms with Crippen molar-refractivity contribution in [2.24, 2.45) is 0 Å². The summed E-state index contributed by atoms with van der Waals surface area (Å²) < 4.78 is 5.45. The Morgan fingerprint density at radius 2 is 1.65 bits per heavy atom. The number of aryl methyl sites for hydroxylation is 1. The second-order valence-electron chi connectivity index (χ2n) is 7.73. The van der Waals surface area contributed by atoms with E-state index in [1.165, 1.54) is 0 Å². The van der Waals surface area contributed by atoms with Crippen LogP contribution in [0, 0.1) is 6.92 Å². The molecule has 1 aliphatic rings.